The first kappa shape index (κ1) is 25.7. The summed E-state index contributed by atoms with van der Waals surface area (Å²) in [4.78, 5) is 43.1. The molecule has 1 heterocycles. The quantitative estimate of drug-likeness (QED) is 0.288. The third-order valence-electron chi connectivity index (χ3n) is 6.32. The van der Waals surface area contributed by atoms with Crippen molar-refractivity contribution in [3.8, 4) is 0 Å². The van der Waals surface area contributed by atoms with E-state index in [0.29, 0.717) is 18.8 Å². The minimum atomic E-state index is -1.03. The summed E-state index contributed by atoms with van der Waals surface area (Å²) in [5.41, 5.74) is 5.25. The molecule has 1 unspecified atom stereocenters. The lowest BCUT2D eigenvalue weighted by Crippen LogP contribution is -2.48. The van der Waals surface area contributed by atoms with Crippen LogP contribution in [-0.4, -0.2) is 38.8 Å². The lowest BCUT2D eigenvalue weighted by molar-refractivity contribution is -0.138. The van der Waals surface area contributed by atoms with Crippen LogP contribution in [0.25, 0.3) is 10.9 Å². The van der Waals surface area contributed by atoms with E-state index < -0.39 is 17.9 Å². The minimum absolute atomic E-state index is 0.0154. The molecular weight excluding hydrogens is 466 g/mol. The second-order valence-electron chi connectivity index (χ2n) is 9.39. The van der Waals surface area contributed by atoms with Gasteiger partial charge in [0.1, 0.15) is 11.7 Å². The molecule has 190 valence electrons. The number of hydrogen-bond donors (Lipinski definition) is 3. The lowest BCUT2D eigenvalue weighted by atomic mass is 10.1. The van der Waals surface area contributed by atoms with Gasteiger partial charge in [-0.2, -0.15) is 0 Å². The summed E-state index contributed by atoms with van der Waals surface area (Å²) in [5.74, 6) is -1.81. The molecule has 0 saturated heterocycles. The molecule has 4 rings (SSSR count). The van der Waals surface area contributed by atoms with Crippen LogP contribution in [0, 0.1) is 13.8 Å². The van der Waals surface area contributed by atoms with Gasteiger partial charge < -0.3 is 20.3 Å². The number of carboxylic acids is 1. The Balaban J connectivity index is 1.60. The van der Waals surface area contributed by atoms with Crippen molar-refractivity contribution in [2.75, 3.05) is 0 Å². The molecule has 0 aliphatic carbocycles. The number of fused-ring (bicyclic) bond motifs is 1. The van der Waals surface area contributed by atoms with Crippen LogP contribution < -0.4 is 5.32 Å². The van der Waals surface area contributed by atoms with Crippen molar-refractivity contribution in [3.05, 3.63) is 107 Å². The number of hydrogen-bond acceptors (Lipinski definition) is 3. The first-order valence-electron chi connectivity index (χ1n) is 12.3. The van der Waals surface area contributed by atoms with Crippen molar-refractivity contribution < 1.29 is 19.5 Å². The van der Waals surface area contributed by atoms with E-state index in [2.05, 4.69) is 10.3 Å². The first-order chi connectivity index (χ1) is 17.8. The van der Waals surface area contributed by atoms with Crippen molar-refractivity contribution in [1.82, 2.24) is 15.2 Å². The summed E-state index contributed by atoms with van der Waals surface area (Å²) < 4.78 is 0. The fraction of sp³-hybridized carbons (Fsp3) is 0.233. The number of nitrogens with zero attached hydrogens (tertiary/aromatic N) is 1. The summed E-state index contributed by atoms with van der Waals surface area (Å²) in [6, 6.07) is 24.1. The standard InChI is InChI=1S/C30H31N3O4/c1-20-7-11-22(12-8-20)18-33(19-23-13-9-21(2)10-14-23)30(37)26(15-16-28(34)35)32-29(36)27-17-24-5-3-4-6-25(24)31-27/h3-14,17,26,31H,15-16,18-19H2,1-2H3,(H,32,36)(H,34,35). The molecule has 0 bridgehead atoms. The van der Waals surface area contributed by atoms with E-state index in [-0.39, 0.29) is 18.7 Å². The van der Waals surface area contributed by atoms with Crippen molar-refractivity contribution in [2.45, 2.75) is 45.8 Å². The zero-order valence-corrected chi connectivity index (χ0v) is 21.0. The van der Waals surface area contributed by atoms with Crippen LogP contribution in [0.2, 0.25) is 0 Å². The first-order valence-corrected chi connectivity index (χ1v) is 12.3. The van der Waals surface area contributed by atoms with Gasteiger partial charge in [-0.15, -0.1) is 0 Å². The van der Waals surface area contributed by atoms with Gasteiger partial charge in [-0.25, -0.2) is 0 Å². The molecule has 0 radical (unpaired) electrons. The van der Waals surface area contributed by atoms with Gasteiger partial charge in [-0.05, 0) is 43.5 Å². The number of aromatic nitrogens is 1. The molecule has 7 nitrogen and oxygen atoms in total. The molecule has 0 saturated carbocycles. The number of aliphatic carboxylic acids is 1. The predicted octanol–water partition coefficient (Wildman–Crippen LogP) is 4.98. The molecule has 0 spiro atoms. The Labute approximate surface area is 216 Å². The highest BCUT2D eigenvalue weighted by Gasteiger charge is 2.28. The smallest absolute Gasteiger partial charge is 0.303 e. The molecule has 37 heavy (non-hydrogen) atoms. The highest BCUT2D eigenvalue weighted by atomic mass is 16.4. The Morgan fingerprint density at radius 1 is 0.865 bits per heavy atom. The maximum Gasteiger partial charge on any atom is 0.303 e. The van der Waals surface area contributed by atoms with Gasteiger partial charge in [-0.1, -0.05) is 77.9 Å². The summed E-state index contributed by atoms with van der Waals surface area (Å²) in [7, 11) is 0. The number of para-hydroxylation sites is 1. The molecule has 7 heteroatoms. The molecule has 3 N–H and O–H groups in total. The van der Waals surface area contributed by atoms with Gasteiger partial charge in [0.15, 0.2) is 0 Å². The number of H-pyrrole nitrogens is 1. The van der Waals surface area contributed by atoms with Gasteiger partial charge in [0.25, 0.3) is 5.91 Å². The number of amides is 2. The van der Waals surface area contributed by atoms with E-state index in [9.17, 15) is 19.5 Å². The Morgan fingerprint density at radius 2 is 1.43 bits per heavy atom. The van der Waals surface area contributed by atoms with Crippen LogP contribution in [-0.2, 0) is 22.7 Å². The highest BCUT2D eigenvalue weighted by molar-refractivity contribution is 6.00. The third kappa shape index (κ3) is 6.85. The molecule has 2 amide bonds. The zero-order chi connectivity index (χ0) is 26.4. The summed E-state index contributed by atoms with van der Waals surface area (Å²) in [6.45, 7) is 4.67. The summed E-state index contributed by atoms with van der Waals surface area (Å²) >= 11 is 0. The second kappa shape index (κ2) is 11.6. The molecule has 1 aromatic heterocycles. The van der Waals surface area contributed by atoms with E-state index in [0.717, 1.165) is 33.2 Å². The zero-order valence-electron chi connectivity index (χ0n) is 21.0. The fourth-order valence-corrected chi connectivity index (χ4v) is 4.22. The average molecular weight is 498 g/mol. The topological polar surface area (TPSA) is 102 Å². The van der Waals surface area contributed by atoms with Gasteiger partial charge >= 0.3 is 5.97 Å². The summed E-state index contributed by atoms with van der Waals surface area (Å²) in [6.07, 6.45) is -0.259. The largest absolute Gasteiger partial charge is 0.481 e. The number of rotatable bonds is 10. The molecular formula is C30H31N3O4. The van der Waals surface area contributed by atoms with E-state index in [1.807, 2.05) is 86.6 Å². The Morgan fingerprint density at radius 3 is 1.97 bits per heavy atom. The van der Waals surface area contributed by atoms with Crippen molar-refractivity contribution in [3.63, 3.8) is 0 Å². The van der Waals surface area contributed by atoms with Crippen LogP contribution in [0.3, 0.4) is 0 Å². The van der Waals surface area contributed by atoms with Crippen molar-refractivity contribution in [2.24, 2.45) is 0 Å². The van der Waals surface area contributed by atoms with E-state index in [1.54, 1.807) is 11.0 Å². The number of carboxylic acid groups (broad SMARTS) is 1. The molecule has 3 aromatic carbocycles. The Bertz CT molecular complexity index is 1310. The second-order valence-corrected chi connectivity index (χ2v) is 9.39. The van der Waals surface area contributed by atoms with Gasteiger partial charge in [0.2, 0.25) is 5.91 Å². The van der Waals surface area contributed by atoms with E-state index in [1.165, 1.54) is 0 Å². The highest BCUT2D eigenvalue weighted by Crippen LogP contribution is 2.17. The molecule has 0 aliphatic rings. The molecule has 0 aliphatic heterocycles. The van der Waals surface area contributed by atoms with E-state index in [4.69, 9.17) is 0 Å². The number of aromatic amines is 1. The molecule has 1 atom stereocenters. The van der Waals surface area contributed by atoms with Crippen LogP contribution >= 0.6 is 0 Å². The maximum atomic E-state index is 13.8. The number of aryl methyl sites for hydroxylation is 2. The lowest BCUT2D eigenvalue weighted by Gasteiger charge is -2.28. The number of benzene rings is 3. The summed E-state index contributed by atoms with van der Waals surface area (Å²) in [5, 5.41) is 13.0. The van der Waals surface area contributed by atoms with Gasteiger partial charge in [-0.3, -0.25) is 14.4 Å². The monoisotopic (exact) mass is 497 g/mol. The SMILES string of the molecule is Cc1ccc(CN(Cc2ccc(C)cc2)C(=O)C(CCC(=O)O)NC(=O)c2cc3ccccc3[nH]2)cc1. The normalized spacial score (nSPS) is 11.7. The van der Waals surface area contributed by atoms with Crippen LogP contribution in [0.5, 0.6) is 0 Å². The van der Waals surface area contributed by atoms with Crippen molar-refractivity contribution in [1.29, 1.82) is 0 Å². The van der Waals surface area contributed by atoms with Crippen LogP contribution in [0.15, 0.2) is 78.9 Å². The number of carbonyl (C=O) groups is 3. The van der Waals surface area contributed by atoms with E-state index >= 15 is 0 Å². The van der Waals surface area contributed by atoms with Gasteiger partial charge in [0.05, 0.1) is 0 Å². The number of nitrogens with one attached hydrogen (secondary N) is 2. The minimum Gasteiger partial charge on any atom is -0.481 e. The molecule has 0 fully saturated rings. The van der Waals surface area contributed by atoms with Crippen LogP contribution in [0.1, 0.15) is 45.6 Å². The van der Waals surface area contributed by atoms with Crippen LogP contribution in [0.4, 0.5) is 0 Å². The molecule has 4 aromatic rings. The Hall–Kier alpha value is -4.39. The van der Waals surface area contributed by atoms with Gasteiger partial charge in [0, 0.05) is 30.4 Å². The Kier molecular flexibility index (Phi) is 8.03. The predicted molar refractivity (Wildman–Crippen MR) is 143 cm³/mol. The fourth-order valence-electron chi connectivity index (χ4n) is 4.22. The third-order valence-corrected chi connectivity index (χ3v) is 6.32. The number of carbonyl (C=O) groups excluding carboxylic acids is 2. The van der Waals surface area contributed by atoms with Crippen molar-refractivity contribution >= 4 is 28.7 Å². The average Bonchev–Trinajstić information content (AvgIpc) is 3.33. The maximum absolute atomic E-state index is 13.8.